The molecule has 0 amide bonds. The van der Waals surface area contributed by atoms with Gasteiger partial charge in [0.25, 0.3) is 0 Å². The Hall–Kier alpha value is -2.61. The molecule has 1 aliphatic heterocycles. The quantitative estimate of drug-likeness (QED) is 0.666. The monoisotopic (exact) mass is 314 g/mol. The van der Waals surface area contributed by atoms with Gasteiger partial charge in [-0.3, -0.25) is 0 Å². The number of hydrogen-bond donors (Lipinski definition) is 0. The second-order valence-electron chi connectivity index (χ2n) is 6.46. The highest BCUT2D eigenvalue weighted by Crippen LogP contribution is 2.30. The van der Waals surface area contributed by atoms with E-state index in [1.807, 2.05) is 12.3 Å². The van der Waals surface area contributed by atoms with Gasteiger partial charge in [-0.1, -0.05) is 60.7 Å². The lowest BCUT2D eigenvalue weighted by Gasteiger charge is -2.34. The molecule has 1 unspecified atom stereocenters. The molecule has 2 nitrogen and oxygen atoms in total. The maximum absolute atomic E-state index is 4.51. The summed E-state index contributed by atoms with van der Waals surface area (Å²) in [6.07, 6.45) is 4.36. The summed E-state index contributed by atoms with van der Waals surface area (Å²) in [5.74, 6) is 1.69. The Kier molecular flexibility index (Phi) is 4.28. The van der Waals surface area contributed by atoms with E-state index in [-0.39, 0.29) is 0 Å². The fourth-order valence-electron chi connectivity index (χ4n) is 3.58. The van der Waals surface area contributed by atoms with Crippen molar-refractivity contribution in [1.29, 1.82) is 0 Å². The number of pyridine rings is 1. The third-order valence-corrected chi connectivity index (χ3v) is 4.88. The molecule has 120 valence electrons. The van der Waals surface area contributed by atoms with Crippen molar-refractivity contribution in [2.75, 3.05) is 18.0 Å². The molecule has 0 N–H and O–H groups in total. The molecule has 4 rings (SSSR count). The molecular weight excluding hydrogens is 292 g/mol. The van der Waals surface area contributed by atoms with Gasteiger partial charge in [0.1, 0.15) is 5.82 Å². The Morgan fingerprint density at radius 1 is 0.792 bits per heavy atom. The highest BCUT2D eigenvalue weighted by Gasteiger charge is 2.22. The van der Waals surface area contributed by atoms with Crippen LogP contribution in [0.4, 0.5) is 5.82 Å². The van der Waals surface area contributed by atoms with Crippen molar-refractivity contribution in [3.05, 3.63) is 84.6 Å². The SMILES string of the molecule is c1ccc(-c2ccc(C3CCCN(c4ccccn4)C3)cc2)cc1. The molecule has 2 heteroatoms. The molecule has 0 bridgehead atoms. The molecule has 1 atom stereocenters. The Morgan fingerprint density at radius 2 is 1.54 bits per heavy atom. The number of benzene rings is 2. The molecule has 24 heavy (non-hydrogen) atoms. The number of nitrogens with zero attached hydrogens (tertiary/aromatic N) is 2. The molecule has 1 aliphatic rings. The lowest BCUT2D eigenvalue weighted by Crippen LogP contribution is -2.34. The first-order valence-corrected chi connectivity index (χ1v) is 8.71. The zero-order valence-electron chi connectivity index (χ0n) is 13.8. The topological polar surface area (TPSA) is 16.1 Å². The third-order valence-electron chi connectivity index (χ3n) is 4.88. The molecule has 1 aromatic heterocycles. The van der Waals surface area contributed by atoms with Crippen LogP contribution in [0.3, 0.4) is 0 Å². The van der Waals surface area contributed by atoms with Crippen LogP contribution in [-0.2, 0) is 0 Å². The fourth-order valence-corrected chi connectivity index (χ4v) is 3.58. The van der Waals surface area contributed by atoms with Crippen LogP contribution in [0.25, 0.3) is 11.1 Å². The van der Waals surface area contributed by atoms with E-state index in [1.165, 1.54) is 29.5 Å². The summed E-state index contributed by atoms with van der Waals surface area (Å²) >= 11 is 0. The number of piperidine rings is 1. The van der Waals surface area contributed by atoms with E-state index in [0.717, 1.165) is 18.9 Å². The van der Waals surface area contributed by atoms with Crippen LogP contribution in [0.15, 0.2) is 79.0 Å². The van der Waals surface area contributed by atoms with E-state index in [2.05, 4.69) is 76.6 Å². The second-order valence-corrected chi connectivity index (χ2v) is 6.46. The van der Waals surface area contributed by atoms with Crippen LogP contribution in [0.2, 0.25) is 0 Å². The fraction of sp³-hybridized carbons (Fsp3) is 0.227. The molecule has 0 spiro atoms. The summed E-state index contributed by atoms with van der Waals surface area (Å²) < 4.78 is 0. The van der Waals surface area contributed by atoms with Gasteiger partial charge in [-0.15, -0.1) is 0 Å². The van der Waals surface area contributed by atoms with E-state index in [4.69, 9.17) is 0 Å². The predicted octanol–water partition coefficient (Wildman–Crippen LogP) is 5.13. The van der Waals surface area contributed by atoms with Crippen molar-refractivity contribution in [3.8, 4) is 11.1 Å². The maximum atomic E-state index is 4.51. The maximum Gasteiger partial charge on any atom is 0.128 e. The summed E-state index contributed by atoms with van der Waals surface area (Å²) in [6, 6.07) is 25.8. The average molecular weight is 314 g/mol. The van der Waals surface area contributed by atoms with E-state index in [9.17, 15) is 0 Å². The molecule has 1 fully saturated rings. The Morgan fingerprint density at radius 3 is 2.29 bits per heavy atom. The van der Waals surface area contributed by atoms with E-state index in [1.54, 1.807) is 0 Å². The van der Waals surface area contributed by atoms with Gasteiger partial charge < -0.3 is 4.90 Å². The van der Waals surface area contributed by atoms with Crippen molar-refractivity contribution in [1.82, 2.24) is 4.98 Å². The Labute approximate surface area is 143 Å². The lowest BCUT2D eigenvalue weighted by atomic mass is 9.89. The molecule has 2 heterocycles. The van der Waals surface area contributed by atoms with Crippen LogP contribution >= 0.6 is 0 Å². The first-order chi connectivity index (χ1) is 11.9. The second kappa shape index (κ2) is 6.88. The Balaban J connectivity index is 1.51. The van der Waals surface area contributed by atoms with Gasteiger partial charge in [-0.05, 0) is 41.7 Å². The summed E-state index contributed by atoms with van der Waals surface area (Å²) in [4.78, 5) is 6.93. The van der Waals surface area contributed by atoms with Gasteiger partial charge in [0.2, 0.25) is 0 Å². The highest BCUT2D eigenvalue weighted by molar-refractivity contribution is 5.63. The molecule has 2 aromatic carbocycles. The first-order valence-electron chi connectivity index (χ1n) is 8.71. The van der Waals surface area contributed by atoms with Gasteiger partial charge in [-0.2, -0.15) is 0 Å². The van der Waals surface area contributed by atoms with Gasteiger partial charge in [0, 0.05) is 25.2 Å². The number of anilines is 1. The van der Waals surface area contributed by atoms with Crippen LogP contribution in [0.5, 0.6) is 0 Å². The minimum atomic E-state index is 0.588. The van der Waals surface area contributed by atoms with E-state index in [0.29, 0.717) is 5.92 Å². The van der Waals surface area contributed by atoms with Crippen molar-refractivity contribution in [2.24, 2.45) is 0 Å². The molecule has 3 aromatic rings. The van der Waals surface area contributed by atoms with Crippen molar-refractivity contribution < 1.29 is 0 Å². The smallest absolute Gasteiger partial charge is 0.128 e. The molecular formula is C22H22N2. The Bertz CT molecular complexity index is 766. The summed E-state index contributed by atoms with van der Waals surface area (Å²) in [5, 5.41) is 0. The van der Waals surface area contributed by atoms with Crippen molar-refractivity contribution >= 4 is 5.82 Å². The van der Waals surface area contributed by atoms with Crippen LogP contribution in [-0.4, -0.2) is 18.1 Å². The van der Waals surface area contributed by atoms with Crippen LogP contribution < -0.4 is 4.90 Å². The van der Waals surface area contributed by atoms with Gasteiger partial charge in [0.15, 0.2) is 0 Å². The summed E-state index contributed by atoms with van der Waals surface area (Å²) in [5.41, 5.74) is 4.01. The molecule has 1 saturated heterocycles. The van der Waals surface area contributed by atoms with Crippen molar-refractivity contribution in [3.63, 3.8) is 0 Å². The average Bonchev–Trinajstić information content (AvgIpc) is 2.70. The first kappa shape index (κ1) is 14.9. The largest absolute Gasteiger partial charge is 0.356 e. The standard InChI is InChI=1S/C22H22N2/c1-2-7-18(8-3-1)19-11-13-20(14-12-19)21-9-6-16-24(17-21)22-10-4-5-15-23-22/h1-5,7-8,10-15,21H,6,9,16-17H2. The minimum absolute atomic E-state index is 0.588. The minimum Gasteiger partial charge on any atom is -0.356 e. The number of rotatable bonds is 3. The lowest BCUT2D eigenvalue weighted by molar-refractivity contribution is 0.507. The van der Waals surface area contributed by atoms with Crippen LogP contribution in [0, 0.1) is 0 Å². The predicted molar refractivity (Wildman–Crippen MR) is 100 cm³/mol. The normalized spacial score (nSPS) is 17.7. The number of hydrogen-bond acceptors (Lipinski definition) is 2. The van der Waals surface area contributed by atoms with Crippen LogP contribution in [0.1, 0.15) is 24.3 Å². The summed E-state index contributed by atoms with van der Waals surface area (Å²) in [6.45, 7) is 2.16. The van der Waals surface area contributed by atoms with E-state index < -0.39 is 0 Å². The third kappa shape index (κ3) is 3.18. The zero-order chi connectivity index (χ0) is 16.2. The highest BCUT2D eigenvalue weighted by atomic mass is 15.2. The van der Waals surface area contributed by atoms with Crippen molar-refractivity contribution in [2.45, 2.75) is 18.8 Å². The van der Waals surface area contributed by atoms with Gasteiger partial charge >= 0.3 is 0 Å². The van der Waals surface area contributed by atoms with E-state index >= 15 is 0 Å². The zero-order valence-corrected chi connectivity index (χ0v) is 13.8. The van der Waals surface area contributed by atoms with Gasteiger partial charge in [0.05, 0.1) is 0 Å². The molecule has 0 saturated carbocycles. The number of aromatic nitrogens is 1. The summed E-state index contributed by atoms with van der Waals surface area (Å²) in [7, 11) is 0. The molecule has 0 radical (unpaired) electrons. The van der Waals surface area contributed by atoms with Gasteiger partial charge in [-0.25, -0.2) is 4.98 Å². The molecule has 0 aliphatic carbocycles.